The third-order valence-corrected chi connectivity index (χ3v) is 4.49. The molecule has 20 heavy (non-hydrogen) atoms. The Labute approximate surface area is 119 Å². The average Bonchev–Trinajstić information content (AvgIpc) is 2.40. The molecular formula is C14H18FNO3S. The van der Waals surface area contributed by atoms with Crippen LogP contribution >= 0.6 is 0 Å². The first kappa shape index (κ1) is 16.5. The largest absolute Gasteiger partial charge is 0.491 e. The third kappa shape index (κ3) is 3.71. The van der Waals surface area contributed by atoms with E-state index in [1.807, 2.05) is 0 Å². The van der Waals surface area contributed by atoms with Crippen molar-refractivity contribution in [1.82, 2.24) is 4.72 Å². The number of terminal acetylenes is 1. The Morgan fingerprint density at radius 3 is 2.60 bits per heavy atom. The van der Waals surface area contributed by atoms with Crippen LogP contribution in [-0.4, -0.2) is 20.6 Å². The first-order valence-corrected chi connectivity index (χ1v) is 7.70. The van der Waals surface area contributed by atoms with E-state index in [-0.39, 0.29) is 17.3 Å². The molecule has 1 atom stereocenters. The van der Waals surface area contributed by atoms with Crippen molar-refractivity contribution in [2.24, 2.45) is 0 Å². The maximum absolute atomic E-state index is 13.4. The molecule has 0 aliphatic carbocycles. The molecule has 0 heterocycles. The lowest BCUT2D eigenvalue weighted by atomic mass is 10.0. The summed E-state index contributed by atoms with van der Waals surface area (Å²) in [5.74, 6) is 1.70. The fraction of sp³-hybridized carbons (Fsp3) is 0.429. The van der Waals surface area contributed by atoms with Crippen LogP contribution < -0.4 is 9.46 Å². The van der Waals surface area contributed by atoms with E-state index in [2.05, 4.69) is 10.6 Å². The van der Waals surface area contributed by atoms with E-state index in [1.165, 1.54) is 6.07 Å². The summed E-state index contributed by atoms with van der Waals surface area (Å²) < 4.78 is 45.4. The van der Waals surface area contributed by atoms with Gasteiger partial charge in [0.05, 0.1) is 17.0 Å². The van der Waals surface area contributed by atoms with Gasteiger partial charge < -0.3 is 4.74 Å². The Morgan fingerprint density at radius 1 is 1.45 bits per heavy atom. The van der Waals surface area contributed by atoms with E-state index >= 15 is 0 Å². The summed E-state index contributed by atoms with van der Waals surface area (Å²) in [5, 5.41) is 0. The predicted octanol–water partition coefficient (Wildman–Crippen LogP) is 2.30. The molecule has 0 radical (unpaired) electrons. The molecule has 1 rings (SSSR count). The van der Waals surface area contributed by atoms with Crippen LogP contribution in [0.1, 0.15) is 27.2 Å². The van der Waals surface area contributed by atoms with Crippen molar-refractivity contribution < 1.29 is 17.5 Å². The van der Waals surface area contributed by atoms with Gasteiger partial charge in [0.25, 0.3) is 0 Å². The van der Waals surface area contributed by atoms with Gasteiger partial charge in [-0.2, -0.15) is 4.72 Å². The van der Waals surface area contributed by atoms with Gasteiger partial charge in [-0.05, 0) is 32.4 Å². The van der Waals surface area contributed by atoms with Crippen molar-refractivity contribution in [3.05, 3.63) is 24.0 Å². The third-order valence-electron chi connectivity index (χ3n) is 2.90. The van der Waals surface area contributed by atoms with E-state index < -0.39 is 21.4 Å². The maximum atomic E-state index is 13.4. The molecule has 1 N–H and O–H groups in total. The fourth-order valence-corrected chi connectivity index (χ4v) is 2.90. The van der Waals surface area contributed by atoms with Gasteiger partial charge in [-0.15, -0.1) is 6.42 Å². The van der Waals surface area contributed by atoms with Crippen LogP contribution in [0.2, 0.25) is 0 Å². The highest BCUT2D eigenvalue weighted by Gasteiger charge is 2.27. The Morgan fingerprint density at radius 2 is 2.10 bits per heavy atom. The molecule has 1 unspecified atom stereocenters. The van der Waals surface area contributed by atoms with Gasteiger partial charge in [0.1, 0.15) is 0 Å². The molecule has 1 aromatic rings. The normalized spacial score (nSPS) is 14.3. The summed E-state index contributed by atoms with van der Waals surface area (Å²) in [5.41, 5.74) is -0.987. The number of nitrogens with one attached hydrogen (secondary N) is 1. The SMILES string of the molecule is C#CC(C)(CC)NS(=O)(=O)c1ccc(F)c(OCC)c1. The zero-order valence-electron chi connectivity index (χ0n) is 11.7. The zero-order valence-corrected chi connectivity index (χ0v) is 12.6. The highest BCUT2D eigenvalue weighted by molar-refractivity contribution is 7.89. The smallest absolute Gasteiger partial charge is 0.242 e. The number of sulfonamides is 1. The first-order valence-electron chi connectivity index (χ1n) is 6.22. The molecule has 0 fully saturated rings. The summed E-state index contributed by atoms with van der Waals surface area (Å²) in [7, 11) is -3.84. The second kappa shape index (κ2) is 6.25. The highest BCUT2D eigenvalue weighted by atomic mass is 32.2. The summed E-state index contributed by atoms with van der Waals surface area (Å²) in [6, 6.07) is 3.37. The minimum atomic E-state index is -3.84. The van der Waals surface area contributed by atoms with Crippen molar-refractivity contribution in [3.63, 3.8) is 0 Å². The molecule has 0 aliphatic rings. The molecule has 0 saturated carbocycles. The summed E-state index contributed by atoms with van der Waals surface area (Å²) in [6.45, 7) is 5.31. The average molecular weight is 299 g/mol. The van der Waals surface area contributed by atoms with Crippen molar-refractivity contribution >= 4 is 10.0 Å². The van der Waals surface area contributed by atoms with Gasteiger partial charge in [0, 0.05) is 6.07 Å². The van der Waals surface area contributed by atoms with E-state index in [1.54, 1.807) is 20.8 Å². The minimum Gasteiger partial charge on any atom is -0.491 e. The lowest BCUT2D eigenvalue weighted by Crippen LogP contribution is -2.44. The molecule has 1 aromatic carbocycles. The monoisotopic (exact) mass is 299 g/mol. The molecular weight excluding hydrogens is 281 g/mol. The molecule has 0 amide bonds. The number of benzene rings is 1. The molecule has 0 aliphatic heterocycles. The van der Waals surface area contributed by atoms with Gasteiger partial charge in [-0.3, -0.25) is 0 Å². The van der Waals surface area contributed by atoms with Crippen LogP contribution in [0, 0.1) is 18.2 Å². The van der Waals surface area contributed by atoms with Crippen molar-refractivity contribution in [2.75, 3.05) is 6.61 Å². The Kier molecular flexibility index (Phi) is 5.15. The van der Waals surface area contributed by atoms with Crippen LogP contribution in [0.25, 0.3) is 0 Å². The van der Waals surface area contributed by atoms with Gasteiger partial charge in [-0.1, -0.05) is 12.8 Å². The summed E-state index contributed by atoms with van der Waals surface area (Å²) >= 11 is 0. The Balaban J connectivity index is 3.17. The molecule has 6 heteroatoms. The van der Waals surface area contributed by atoms with Crippen molar-refractivity contribution in [2.45, 2.75) is 37.6 Å². The predicted molar refractivity (Wildman–Crippen MR) is 75.4 cm³/mol. The number of hydrogen-bond acceptors (Lipinski definition) is 3. The molecule has 110 valence electrons. The van der Waals surface area contributed by atoms with E-state index in [0.29, 0.717) is 6.42 Å². The van der Waals surface area contributed by atoms with Crippen LogP contribution in [0.15, 0.2) is 23.1 Å². The van der Waals surface area contributed by atoms with Crippen LogP contribution in [-0.2, 0) is 10.0 Å². The quantitative estimate of drug-likeness (QED) is 0.820. The minimum absolute atomic E-state index is 0.0859. The van der Waals surface area contributed by atoms with Gasteiger partial charge in [0.15, 0.2) is 11.6 Å². The first-order chi connectivity index (χ1) is 9.28. The van der Waals surface area contributed by atoms with Crippen LogP contribution in [0.3, 0.4) is 0 Å². The van der Waals surface area contributed by atoms with Crippen LogP contribution in [0.5, 0.6) is 5.75 Å². The van der Waals surface area contributed by atoms with E-state index in [9.17, 15) is 12.8 Å². The second-order valence-corrected chi connectivity index (χ2v) is 6.14. The van der Waals surface area contributed by atoms with Gasteiger partial charge in [-0.25, -0.2) is 12.8 Å². The standard InChI is InChI=1S/C14H18FNO3S/c1-5-14(4,6-2)16-20(17,18)11-8-9-12(15)13(10-11)19-7-3/h1,8-10,16H,6-7H2,2-4H3. The van der Waals surface area contributed by atoms with E-state index in [0.717, 1.165) is 12.1 Å². The number of hydrogen-bond donors (Lipinski definition) is 1. The van der Waals surface area contributed by atoms with Crippen molar-refractivity contribution in [3.8, 4) is 18.1 Å². The zero-order chi connectivity index (χ0) is 15.4. The second-order valence-electron chi connectivity index (χ2n) is 4.46. The summed E-state index contributed by atoms with van der Waals surface area (Å²) in [6.07, 6.45) is 5.78. The lowest BCUT2D eigenvalue weighted by molar-refractivity contribution is 0.320. The van der Waals surface area contributed by atoms with Crippen LogP contribution in [0.4, 0.5) is 4.39 Å². The Bertz CT molecular complexity index is 622. The number of halogens is 1. The maximum Gasteiger partial charge on any atom is 0.242 e. The molecule has 4 nitrogen and oxygen atoms in total. The van der Waals surface area contributed by atoms with Crippen molar-refractivity contribution in [1.29, 1.82) is 0 Å². The topological polar surface area (TPSA) is 55.4 Å². The van der Waals surface area contributed by atoms with Gasteiger partial charge >= 0.3 is 0 Å². The molecule has 0 aromatic heterocycles. The molecule has 0 bridgehead atoms. The number of rotatable bonds is 6. The molecule has 0 saturated heterocycles. The Hall–Kier alpha value is -1.58. The number of ether oxygens (including phenoxy) is 1. The highest BCUT2D eigenvalue weighted by Crippen LogP contribution is 2.23. The van der Waals surface area contributed by atoms with E-state index in [4.69, 9.17) is 11.2 Å². The summed E-state index contributed by atoms with van der Waals surface area (Å²) in [4.78, 5) is -0.0859. The fourth-order valence-electron chi connectivity index (χ4n) is 1.48. The lowest BCUT2D eigenvalue weighted by Gasteiger charge is -2.23. The van der Waals surface area contributed by atoms with Gasteiger partial charge in [0.2, 0.25) is 10.0 Å². The molecule has 0 spiro atoms.